The summed E-state index contributed by atoms with van der Waals surface area (Å²) >= 11 is 0. The van der Waals surface area contributed by atoms with Gasteiger partial charge in [0.1, 0.15) is 11.8 Å². The molecule has 1 atom stereocenters. The molecule has 0 fully saturated rings. The SMILES string of the molecule is COC(=O)C(CC(C)C)NC(=O)COc1ccccc1C. The Balaban J connectivity index is 2.54. The molecule has 1 unspecified atom stereocenters. The van der Waals surface area contributed by atoms with Crippen LogP contribution in [-0.2, 0) is 14.3 Å². The van der Waals surface area contributed by atoms with Crippen LogP contribution in [0.3, 0.4) is 0 Å². The summed E-state index contributed by atoms with van der Waals surface area (Å²) < 4.78 is 10.2. The average molecular weight is 293 g/mol. The van der Waals surface area contributed by atoms with Crippen molar-refractivity contribution in [1.29, 1.82) is 0 Å². The lowest BCUT2D eigenvalue weighted by Crippen LogP contribution is -2.44. The molecular formula is C16H23NO4. The monoisotopic (exact) mass is 293 g/mol. The number of nitrogens with one attached hydrogen (secondary N) is 1. The highest BCUT2D eigenvalue weighted by atomic mass is 16.5. The number of carbonyl (C=O) groups excluding carboxylic acids is 2. The second kappa shape index (κ2) is 8.29. The van der Waals surface area contributed by atoms with Crippen molar-refractivity contribution in [2.75, 3.05) is 13.7 Å². The molecule has 1 rings (SSSR count). The second-order valence-corrected chi connectivity index (χ2v) is 5.33. The van der Waals surface area contributed by atoms with Crippen LogP contribution in [0.1, 0.15) is 25.8 Å². The Kier molecular flexibility index (Phi) is 6.72. The predicted molar refractivity (Wildman–Crippen MR) is 80.1 cm³/mol. The number of aryl methyl sites for hydroxylation is 1. The summed E-state index contributed by atoms with van der Waals surface area (Å²) in [6.45, 7) is 5.73. The van der Waals surface area contributed by atoms with E-state index in [1.165, 1.54) is 7.11 Å². The third kappa shape index (κ3) is 5.85. The van der Waals surface area contributed by atoms with Gasteiger partial charge in [0.25, 0.3) is 5.91 Å². The molecular weight excluding hydrogens is 270 g/mol. The molecule has 0 aromatic heterocycles. The van der Waals surface area contributed by atoms with Crippen LogP contribution in [0.15, 0.2) is 24.3 Å². The second-order valence-electron chi connectivity index (χ2n) is 5.33. The maximum Gasteiger partial charge on any atom is 0.328 e. The smallest absolute Gasteiger partial charge is 0.328 e. The topological polar surface area (TPSA) is 64.6 Å². The summed E-state index contributed by atoms with van der Waals surface area (Å²) in [5, 5.41) is 2.65. The van der Waals surface area contributed by atoms with Gasteiger partial charge in [-0.2, -0.15) is 0 Å². The van der Waals surface area contributed by atoms with E-state index in [4.69, 9.17) is 9.47 Å². The number of hydrogen-bond acceptors (Lipinski definition) is 4. The molecule has 5 nitrogen and oxygen atoms in total. The summed E-state index contributed by atoms with van der Waals surface area (Å²) in [7, 11) is 1.31. The van der Waals surface area contributed by atoms with Crippen molar-refractivity contribution >= 4 is 11.9 Å². The molecule has 1 aromatic rings. The molecule has 0 aliphatic heterocycles. The molecule has 21 heavy (non-hydrogen) atoms. The summed E-state index contributed by atoms with van der Waals surface area (Å²) in [5.74, 6) is 0.153. The lowest BCUT2D eigenvalue weighted by molar-refractivity contribution is -0.145. The van der Waals surface area contributed by atoms with Gasteiger partial charge in [-0.15, -0.1) is 0 Å². The Labute approximate surface area is 125 Å². The van der Waals surface area contributed by atoms with Crippen molar-refractivity contribution in [2.45, 2.75) is 33.2 Å². The molecule has 0 radical (unpaired) electrons. The van der Waals surface area contributed by atoms with Crippen molar-refractivity contribution in [1.82, 2.24) is 5.32 Å². The Morgan fingerprint density at radius 2 is 1.90 bits per heavy atom. The van der Waals surface area contributed by atoms with Gasteiger partial charge < -0.3 is 14.8 Å². The largest absolute Gasteiger partial charge is 0.484 e. The van der Waals surface area contributed by atoms with Crippen LogP contribution in [0.2, 0.25) is 0 Å². The van der Waals surface area contributed by atoms with E-state index in [2.05, 4.69) is 5.32 Å². The molecule has 1 N–H and O–H groups in total. The van der Waals surface area contributed by atoms with Crippen molar-refractivity contribution in [3.05, 3.63) is 29.8 Å². The number of esters is 1. The zero-order chi connectivity index (χ0) is 15.8. The molecule has 0 spiro atoms. The van der Waals surface area contributed by atoms with E-state index >= 15 is 0 Å². The van der Waals surface area contributed by atoms with Gasteiger partial charge in [0.15, 0.2) is 6.61 Å². The molecule has 0 aliphatic carbocycles. The van der Waals surface area contributed by atoms with Crippen molar-refractivity contribution in [2.24, 2.45) is 5.92 Å². The first-order chi connectivity index (χ1) is 9.93. The fourth-order valence-electron chi connectivity index (χ4n) is 1.93. The maximum absolute atomic E-state index is 11.9. The molecule has 0 aliphatic rings. The number of hydrogen-bond donors (Lipinski definition) is 1. The van der Waals surface area contributed by atoms with Gasteiger partial charge in [-0.25, -0.2) is 4.79 Å². The number of para-hydroxylation sites is 1. The van der Waals surface area contributed by atoms with Crippen molar-refractivity contribution < 1.29 is 19.1 Å². The molecule has 0 heterocycles. The van der Waals surface area contributed by atoms with E-state index in [0.29, 0.717) is 12.2 Å². The van der Waals surface area contributed by atoms with Crippen LogP contribution in [0, 0.1) is 12.8 Å². The van der Waals surface area contributed by atoms with Gasteiger partial charge in [0.05, 0.1) is 7.11 Å². The minimum atomic E-state index is -0.636. The van der Waals surface area contributed by atoms with E-state index in [9.17, 15) is 9.59 Å². The van der Waals surface area contributed by atoms with Crippen LogP contribution >= 0.6 is 0 Å². The molecule has 1 amide bonds. The number of ether oxygens (including phenoxy) is 2. The highest BCUT2D eigenvalue weighted by Crippen LogP contribution is 2.15. The first kappa shape index (κ1) is 17.0. The quantitative estimate of drug-likeness (QED) is 0.782. The van der Waals surface area contributed by atoms with Crippen LogP contribution in [0.4, 0.5) is 0 Å². The molecule has 1 aromatic carbocycles. The number of methoxy groups -OCH3 is 1. The standard InChI is InChI=1S/C16H23NO4/c1-11(2)9-13(16(19)20-4)17-15(18)10-21-14-8-6-5-7-12(14)3/h5-8,11,13H,9-10H2,1-4H3,(H,17,18). The summed E-state index contributed by atoms with van der Waals surface area (Å²) in [6, 6.07) is 6.81. The number of rotatable bonds is 7. The fraction of sp³-hybridized carbons (Fsp3) is 0.500. The predicted octanol–water partition coefficient (Wildman–Crippen LogP) is 2.08. The number of benzene rings is 1. The van der Waals surface area contributed by atoms with Crippen LogP contribution < -0.4 is 10.1 Å². The minimum absolute atomic E-state index is 0.129. The van der Waals surface area contributed by atoms with E-state index in [1.807, 2.05) is 39.0 Å². The lowest BCUT2D eigenvalue weighted by atomic mass is 10.0. The first-order valence-electron chi connectivity index (χ1n) is 6.99. The summed E-state index contributed by atoms with van der Waals surface area (Å²) in [5.41, 5.74) is 0.956. The van der Waals surface area contributed by atoms with Crippen LogP contribution in [-0.4, -0.2) is 31.6 Å². The molecule has 0 saturated heterocycles. The highest BCUT2D eigenvalue weighted by Gasteiger charge is 2.22. The summed E-state index contributed by atoms with van der Waals surface area (Å²) in [6.07, 6.45) is 0.531. The van der Waals surface area contributed by atoms with E-state index < -0.39 is 12.0 Å². The third-order valence-electron chi connectivity index (χ3n) is 2.98. The number of carbonyl (C=O) groups is 2. The van der Waals surface area contributed by atoms with Gasteiger partial charge in [-0.3, -0.25) is 4.79 Å². The Bertz CT molecular complexity index is 485. The fourth-order valence-corrected chi connectivity index (χ4v) is 1.93. The van der Waals surface area contributed by atoms with Gasteiger partial charge in [0, 0.05) is 0 Å². The normalized spacial score (nSPS) is 11.9. The van der Waals surface area contributed by atoms with Gasteiger partial charge >= 0.3 is 5.97 Å². The molecule has 116 valence electrons. The van der Waals surface area contributed by atoms with Crippen LogP contribution in [0.5, 0.6) is 5.75 Å². The van der Waals surface area contributed by atoms with Crippen molar-refractivity contribution in [3.8, 4) is 5.75 Å². The van der Waals surface area contributed by atoms with Crippen LogP contribution in [0.25, 0.3) is 0 Å². The first-order valence-corrected chi connectivity index (χ1v) is 6.99. The Hall–Kier alpha value is -2.04. The maximum atomic E-state index is 11.9. The molecule has 0 saturated carbocycles. The van der Waals surface area contributed by atoms with Gasteiger partial charge in [-0.05, 0) is 30.9 Å². The van der Waals surface area contributed by atoms with E-state index in [-0.39, 0.29) is 18.4 Å². The Morgan fingerprint density at radius 3 is 2.48 bits per heavy atom. The van der Waals surface area contributed by atoms with E-state index in [0.717, 1.165) is 5.56 Å². The minimum Gasteiger partial charge on any atom is -0.484 e. The highest BCUT2D eigenvalue weighted by molar-refractivity contribution is 5.85. The molecule has 0 bridgehead atoms. The molecule has 5 heteroatoms. The van der Waals surface area contributed by atoms with Gasteiger partial charge in [0.2, 0.25) is 0 Å². The Morgan fingerprint density at radius 1 is 1.24 bits per heavy atom. The average Bonchev–Trinajstić information content (AvgIpc) is 2.44. The number of amides is 1. The van der Waals surface area contributed by atoms with Gasteiger partial charge in [-0.1, -0.05) is 32.0 Å². The third-order valence-corrected chi connectivity index (χ3v) is 2.98. The van der Waals surface area contributed by atoms with E-state index in [1.54, 1.807) is 6.07 Å². The lowest BCUT2D eigenvalue weighted by Gasteiger charge is -2.18. The van der Waals surface area contributed by atoms with Crippen molar-refractivity contribution in [3.63, 3.8) is 0 Å². The summed E-state index contributed by atoms with van der Waals surface area (Å²) in [4.78, 5) is 23.5. The zero-order valence-electron chi connectivity index (χ0n) is 13.0. The zero-order valence-corrected chi connectivity index (χ0v) is 13.0.